The molecule has 0 amide bonds. The van der Waals surface area contributed by atoms with Crippen LogP contribution in [0, 0.1) is 0 Å². The second-order valence-electron chi connectivity index (χ2n) is 4.92. The molecule has 0 spiro atoms. The third kappa shape index (κ3) is 4.83. The summed E-state index contributed by atoms with van der Waals surface area (Å²) >= 11 is 1.67. The largest absolute Gasteiger partial charge is 0.465 e. The highest BCUT2D eigenvalue weighted by Crippen LogP contribution is 2.28. The number of carbonyl (C=O) groups is 2. The maximum atomic E-state index is 11.7. The highest BCUT2D eigenvalue weighted by Gasteiger charge is 2.15. The first-order chi connectivity index (χ1) is 11.1. The lowest BCUT2D eigenvalue weighted by Gasteiger charge is -2.08. The first-order valence-electron chi connectivity index (χ1n) is 7.18. The van der Waals surface area contributed by atoms with Crippen LogP contribution < -0.4 is 0 Å². The highest BCUT2D eigenvalue weighted by atomic mass is 32.2. The number of benzene rings is 2. The second-order valence-corrected chi connectivity index (χ2v) is 5.94. The van der Waals surface area contributed by atoms with Gasteiger partial charge in [0.2, 0.25) is 0 Å². The van der Waals surface area contributed by atoms with E-state index in [0.29, 0.717) is 0 Å². The molecule has 118 valence electrons. The maximum absolute atomic E-state index is 11.7. The number of esters is 1. The van der Waals surface area contributed by atoms with Crippen LogP contribution in [-0.2, 0) is 20.1 Å². The zero-order valence-corrected chi connectivity index (χ0v) is 13.9. The fourth-order valence-electron chi connectivity index (χ4n) is 2.04. The molecule has 2 aromatic carbocycles. The minimum atomic E-state index is -0.611. The third-order valence-electron chi connectivity index (χ3n) is 3.24. The summed E-state index contributed by atoms with van der Waals surface area (Å²) in [6.45, 7) is 1.36. The third-order valence-corrected chi connectivity index (χ3v) is 4.40. The molecule has 3 nitrogen and oxygen atoms in total. The number of Topliss-reactive ketones (excluding diaryl/α,β-unsaturated/α-hetero) is 1. The topological polar surface area (TPSA) is 43.4 Å². The fraction of sp³-hybridized carbons (Fsp3) is 0.158. The zero-order chi connectivity index (χ0) is 16.7. The van der Waals surface area contributed by atoms with Gasteiger partial charge in [-0.25, -0.2) is 4.79 Å². The number of thioether (sulfide) groups is 1. The molecule has 4 heteroatoms. The Balaban J connectivity index is 2.26. The summed E-state index contributed by atoms with van der Waals surface area (Å²) in [4.78, 5) is 24.4. The Morgan fingerprint density at radius 2 is 1.70 bits per heavy atom. The summed E-state index contributed by atoms with van der Waals surface area (Å²) in [7, 11) is 1.27. The van der Waals surface area contributed by atoms with Gasteiger partial charge in [-0.3, -0.25) is 4.79 Å². The van der Waals surface area contributed by atoms with Crippen molar-refractivity contribution in [2.45, 2.75) is 17.6 Å². The number of ketones is 1. The molecule has 2 aromatic rings. The molecule has 0 heterocycles. The average molecular weight is 326 g/mol. The number of methoxy groups -OCH3 is 1. The maximum Gasteiger partial charge on any atom is 0.341 e. The SMILES string of the molecule is COC(=O)C(=Cc1ccccc1SCc1ccccc1)C(C)=O. The van der Waals surface area contributed by atoms with E-state index in [0.717, 1.165) is 16.2 Å². The number of carbonyl (C=O) groups excluding carboxylic acids is 2. The van der Waals surface area contributed by atoms with Crippen molar-refractivity contribution < 1.29 is 14.3 Å². The van der Waals surface area contributed by atoms with Gasteiger partial charge in [-0.2, -0.15) is 0 Å². The van der Waals surface area contributed by atoms with E-state index in [9.17, 15) is 9.59 Å². The van der Waals surface area contributed by atoms with Gasteiger partial charge in [0.1, 0.15) is 5.57 Å². The summed E-state index contributed by atoms with van der Waals surface area (Å²) in [6.07, 6.45) is 1.60. The Kier molecular flexibility index (Phi) is 6.18. The van der Waals surface area contributed by atoms with Crippen molar-refractivity contribution in [3.05, 3.63) is 71.3 Å². The molecule has 0 saturated carbocycles. The van der Waals surface area contributed by atoms with Crippen LogP contribution in [0.25, 0.3) is 6.08 Å². The van der Waals surface area contributed by atoms with Crippen LogP contribution in [0.15, 0.2) is 65.1 Å². The van der Waals surface area contributed by atoms with E-state index in [2.05, 4.69) is 16.9 Å². The van der Waals surface area contributed by atoms with Crippen molar-refractivity contribution in [2.75, 3.05) is 7.11 Å². The average Bonchev–Trinajstić information content (AvgIpc) is 2.58. The molecule has 0 atom stereocenters. The van der Waals surface area contributed by atoms with Gasteiger partial charge >= 0.3 is 5.97 Å². The first kappa shape index (κ1) is 17.0. The number of hydrogen-bond acceptors (Lipinski definition) is 4. The van der Waals surface area contributed by atoms with Gasteiger partial charge in [-0.1, -0.05) is 48.5 Å². The molecule has 0 N–H and O–H groups in total. The van der Waals surface area contributed by atoms with Crippen LogP contribution in [0.2, 0.25) is 0 Å². The van der Waals surface area contributed by atoms with Gasteiger partial charge in [0.25, 0.3) is 0 Å². The van der Waals surface area contributed by atoms with E-state index >= 15 is 0 Å². The molecule has 0 fully saturated rings. The molecular weight excluding hydrogens is 308 g/mol. The van der Waals surface area contributed by atoms with Crippen molar-refractivity contribution >= 4 is 29.6 Å². The summed E-state index contributed by atoms with van der Waals surface area (Å²) < 4.78 is 4.68. The normalized spacial score (nSPS) is 11.1. The summed E-state index contributed by atoms with van der Waals surface area (Å²) in [5, 5.41) is 0. The van der Waals surface area contributed by atoms with E-state index in [1.165, 1.54) is 19.6 Å². The van der Waals surface area contributed by atoms with Crippen molar-refractivity contribution in [3.63, 3.8) is 0 Å². The lowest BCUT2D eigenvalue weighted by Crippen LogP contribution is -2.11. The van der Waals surface area contributed by atoms with Crippen LogP contribution in [-0.4, -0.2) is 18.9 Å². The Morgan fingerprint density at radius 3 is 2.35 bits per heavy atom. The standard InChI is InChI=1S/C19H18O3S/c1-14(20)17(19(21)22-2)12-16-10-6-7-11-18(16)23-13-15-8-4-3-5-9-15/h3-12H,13H2,1-2H3. The molecule has 0 bridgehead atoms. The highest BCUT2D eigenvalue weighted by molar-refractivity contribution is 7.98. The first-order valence-corrected chi connectivity index (χ1v) is 8.17. The van der Waals surface area contributed by atoms with Gasteiger partial charge in [0.15, 0.2) is 5.78 Å². The molecule has 0 aliphatic carbocycles. The molecule has 0 unspecified atom stereocenters. The molecule has 0 radical (unpaired) electrons. The quantitative estimate of drug-likeness (QED) is 0.263. The predicted molar refractivity (Wildman–Crippen MR) is 93.1 cm³/mol. The number of ether oxygens (including phenoxy) is 1. The minimum absolute atomic E-state index is 0.0558. The van der Waals surface area contributed by atoms with Gasteiger partial charge in [-0.15, -0.1) is 11.8 Å². The summed E-state index contributed by atoms with van der Waals surface area (Å²) in [6, 6.07) is 17.8. The van der Waals surface area contributed by atoms with Crippen LogP contribution in [0.5, 0.6) is 0 Å². The van der Waals surface area contributed by atoms with E-state index < -0.39 is 5.97 Å². The van der Waals surface area contributed by atoms with Crippen LogP contribution >= 0.6 is 11.8 Å². The Bertz CT molecular complexity index is 720. The molecule has 0 aromatic heterocycles. The molecule has 0 aliphatic heterocycles. The summed E-state index contributed by atoms with van der Waals surface area (Å²) in [5.74, 6) is -0.0978. The second kappa shape index (κ2) is 8.34. The molecule has 0 aliphatic rings. The molecular formula is C19H18O3S. The van der Waals surface area contributed by atoms with Gasteiger partial charge in [-0.05, 0) is 30.2 Å². The predicted octanol–water partition coefficient (Wildman–Crippen LogP) is 4.12. The fourth-order valence-corrected chi connectivity index (χ4v) is 3.02. The Labute approximate surface area is 140 Å². The Morgan fingerprint density at radius 1 is 1.04 bits per heavy atom. The molecule has 0 saturated heterocycles. The van der Waals surface area contributed by atoms with E-state index in [4.69, 9.17) is 0 Å². The van der Waals surface area contributed by atoms with Crippen molar-refractivity contribution in [1.29, 1.82) is 0 Å². The number of hydrogen-bond donors (Lipinski definition) is 0. The lowest BCUT2D eigenvalue weighted by molar-refractivity contribution is -0.137. The summed E-state index contributed by atoms with van der Waals surface area (Å²) in [5.41, 5.74) is 2.11. The Hall–Kier alpha value is -2.33. The van der Waals surface area contributed by atoms with Crippen LogP contribution in [0.1, 0.15) is 18.1 Å². The zero-order valence-electron chi connectivity index (χ0n) is 13.1. The van der Waals surface area contributed by atoms with Crippen LogP contribution in [0.3, 0.4) is 0 Å². The van der Waals surface area contributed by atoms with Gasteiger partial charge in [0, 0.05) is 10.6 Å². The number of rotatable bonds is 6. The van der Waals surface area contributed by atoms with E-state index in [-0.39, 0.29) is 11.4 Å². The monoisotopic (exact) mass is 326 g/mol. The minimum Gasteiger partial charge on any atom is -0.465 e. The van der Waals surface area contributed by atoms with E-state index in [1.54, 1.807) is 17.8 Å². The van der Waals surface area contributed by atoms with Crippen molar-refractivity contribution in [3.8, 4) is 0 Å². The van der Waals surface area contributed by atoms with Crippen molar-refractivity contribution in [2.24, 2.45) is 0 Å². The lowest BCUT2D eigenvalue weighted by atomic mass is 10.1. The smallest absolute Gasteiger partial charge is 0.341 e. The van der Waals surface area contributed by atoms with Gasteiger partial charge < -0.3 is 4.74 Å². The van der Waals surface area contributed by atoms with Crippen LogP contribution in [0.4, 0.5) is 0 Å². The van der Waals surface area contributed by atoms with E-state index in [1.807, 2.05) is 42.5 Å². The molecule has 23 heavy (non-hydrogen) atoms. The molecule has 2 rings (SSSR count). The van der Waals surface area contributed by atoms with Crippen molar-refractivity contribution in [1.82, 2.24) is 0 Å². The van der Waals surface area contributed by atoms with Gasteiger partial charge in [0.05, 0.1) is 7.11 Å².